The van der Waals surface area contributed by atoms with E-state index in [0.717, 1.165) is 19.8 Å². The minimum atomic E-state index is 0.430. The monoisotopic (exact) mass is 171 g/mol. The van der Waals surface area contributed by atoms with Crippen LogP contribution in [0.15, 0.2) is 0 Å². The molecule has 1 rings (SSSR count). The van der Waals surface area contributed by atoms with Crippen molar-refractivity contribution in [3.63, 3.8) is 0 Å². The third-order valence-corrected chi connectivity index (χ3v) is 2.69. The zero-order valence-electron chi connectivity index (χ0n) is 8.36. The molecule has 0 aromatic heterocycles. The Bertz CT molecular complexity index is 117. The van der Waals surface area contributed by atoms with Crippen LogP contribution >= 0.6 is 0 Å². The minimum Gasteiger partial charge on any atom is -0.381 e. The summed E-state index contributed by atoms with van der Waals surface area (Å²) in [5.74, 6) is 0. The lowest BCUT2D eigenvalue weighted by Gasteiger charge is -2.27. The molecule has 1 N–H and O–H groups in total. The second-order valence-corrected chi connectivity index (χ2v) is 4.05. The largest absolute Gasteiger partial charge is 0.381 e. The van der Waals surface area contributed by atoms with Crippen LogP contribution in [0, 0.1) is 5.41 Å². The van der Waals surface area contributed by atoms with Gasteiger partial charge in [0.2, 0.25) is 0 Å². The van der Waals surface area contributed by atoms with Crippen molar-refractivity contribution in [2.75, 3.05) is 26.3 Å². The summed E-state index contributed by atoms with van der Waals surface area (Å²) in [5.41, 5.74) is 0.430. The molecule has 0 spiro atoms. The first-order valence-corrected chi connectivity index (χ1v) is 5.05. The van der Waals surface area contributed by atoms with Crippen molar-refractivity contribution in [3.05, 3.63) is 0 Å². The van der Waals surface area contributed by atoms with Crippen LogP contribution in [0.5, 0.6) is 0 Å². The fourth-order valence-electron chi connectivity index (χ4n) is 1.77. The third-order valence-electron chi connectivity index (χ3n) is 2.69. The van der Waals surface area contributed by atoms with Gasteiger partial charge in [0, 0.05) is 6.61 Å². The molecule has 0 aromatic rings. The molecule has 0 saturated carbocycles. The zero-order chi connectivity index (χ0) is 8.86. The number of ether oxygens (including phenoxy) is 1. The van der Waals surface area contributed by atoms with Gasteiger partial charge in [0.15, 0.2) is 0 Å². The summed E-state index contributed by atoms with van der Waals surface area (Å²) >= 11 is 0. The van der Waals surface area contributed by atoms with Crippen LogP contribution in [0.25, 0.3) is 0 Å². The molecule has 2 heteroatoms. The van der Waals surface area contributed by atoms with Crippen LogP contribution in [0.3, 0.4) is 0 Å². The average molecular weight is 171 g/mol. The van der Waals surface area contributed by atoms with Crippen molar-refractivity contribution >= 4 is 0 Å². The molecule has 1 aliphatic rings. The minimum absolute atomic E-state index is 0.430. The predicted molar refractivity (Wildman–Crippen MR) is 51.3 cm³/mol. The molecule has 72 valence electrons. The molecule has 1 fully saturated rings. The maximum atomic E-state index is 5.50. The fourth-order valence-corrected chi connectivity index (χ4v) is 1.77. The predicted octanol–water partition coefficient (Wildman–Crippen LogP) is 1.80. The zero-order valence-corrected chi connectivity index (χ0v) is 8.36. The van der Waals surface area contributed by atoms with E-state index in [1.54, 1.807) is 0 Å². The van der Waals surface area contributed by atoms with Gasteiger partial charge in [-0.25, -0.2) is 0 Å². The lowest BCUT2D eigenvalue weighted by molar-refractivity contribution is 0.0535. The lowest BCUT2D eigenvalue weighted by atomic mass is 9.84. The molecule has 1 heterocycles. The fraction of sp³-hybridized carbons (Fsp3) is 1.00. The van der Waals surface area contributed by atoms with Gasteiger partial charge in [-0.3, -0.25) is 0 Å². The third kappa shape index (κ3) is 3.11. The molecule has 12 heavy (non-hydrogen) atoms. The molecule has 0 radical (unpaired) electrons. The topological polar surface area (TPSA) is 21.3 Å². The Kier molecular flexibility index (Phi) is 4.02. The van der Waals surface area contributed by atoms with Gasteiger partial charge in [-0.15, -0.1) is 0 Å². The first kappa shape index (κ1) is 10.0. The van der Waals surface area contributed by atoms with Crippen molar-refractivity contribution in [3.8, 4) is 0 Å². The van der Waals surface area contributed by atoms with E-state index >= 15 is 0 Å². The number of nitrogens with one attached hydrogen (secondary N) is 1. The molecule has 0 amide bonds. The molecular weight excluding hydrogens is 150 g/mol. The van der Waals surface area contributed by atoms with Gasteiger partial charge >= 0.3 is 0 Å². The maximum absolute atomic E-state index is 5.50. The smallest absolute Gasteiger partial charge is 0.0520 e. The van der Waals surface area contributed by atoms with Crippen molar-refractivity contribution in [2.24, 2.45) is 5.41 Å². The first-order chi connectivity index (χ1) is 5.77. The molecule has 1 unspecified atom stereocenters. The van der Waals surface area contributed by atoms with Gasteiger partial charge in [-0.2, -0.15) is 0 Å². The Morgan fingerprint density at radius 1 is 1.33 bits per heavy atom. The molecule has 2 nitrogen and oxygen atoms in total. The summed E-state index contributed by atoms with van der Waals surface area (Å²) in [7, 11) is 0. The van der Waals surface area contributed by atoms with E-state index in [0.29, 0.717) is 5.41 Å². The van der Waals surface area contributed by atoms with Gasteiger partial charge in [-0.05, 0) is 44.7 Å². The highest BCUT2D eigenvalue weighted by molar-refractivity contribution is 4.78. The molecule has 0 bridgehead atoms. The van der Waals surface area contributed by atoms with E-state index in [1.165, 1.54) is 25.8 Å². The number of rotatable bonds is 3. The van der Waals surface area contributed by atoms with Gasteiger partial charge in [-0.1, -0.05) is 6.92 Å². The van der Waals surface area contributed by atoms with Crippen LogP contribution in [-0.2, 0) is 4.74 Å². The highest BCUT2D eigenvalue weighted by Gasteiger charge is 2.25. The van der Waals surface area contributed by atoms with Gasteiger partial charge in [0.05, 0.1) is 6.61 Å². The van der Waals surface area contributed by atoms with E-state index in [2.05, 4.69) is 19.2 Å². The second-order valence-electron chi connectivity index (χ2n) is 4.05. The number of hydrogen-bond donors (Lipinski definition) is 1. The Morgan fingerprint density at radius 2 is 2.17 bits per heavy atom. The molecular formula is C10H21NO. The molecule has 0 aliphatic carbocycles. The van der Waals surface area contributed by atoms with Crippen molar-refractivity contribution < 1.29 is 4.74 Å². The average Bonchev–Trinajstić information content (AvgIpc) is 2.27. The van der Waals surface area contributed by atoms with E-state index in [9.17, 15) is 0 Å². The molecule has 0 aromatic carbocycles. The second kappa shape index (κ2) is 4.83. The number of hydrogen-bond acceptors (Lipinski definition) is 2. The first-order valence-electron chi connectivity index (χ1n) is 5.05. The molecule has 1 atom stereocenters. The Morgan fingerprint density at radius 3 is 2.92 bits per heavy atom. The van der Waals surface area contributed by atoms with E-state index in [4.69, 9.17) is 4.74 Å². The summed E-state index contributed by atoms with van der Waals surface area (Å²) in [6, 6.07) is 0. The molecule has 1 saturated heterocycles. The van der Waals surface area contributed by atoms with Gasteiger partial charge < -0.3 is 10.1 Å². The van der Waals surface area contributed by atoms with E-state index in [-0.39, 0.29) is 0 Å². The van der Waals surface area contributed by atoms with Crippen molar-refractivity contribution in [2.45, 2.75) is 33.1 Å². The quantitative estimate of drug-likeness (QED) is 0.699. The van der Waals surface area contributed by atoms with Crippen LogP contribution in [0.1, 0.15) is 33.1 Å². The lowest BCUT2D eigenvalue weighted by Crippen LogP contribution is -2.25. The van der Waals surface area contributed by atoms with E-state index < -0.39 is 0 Å². The SMILES string of the molecule is CCOCC1(C)CCCNCC1. The highest BCUT2D eigenvalue weighted by Crippen LogP contribution is 2.28. The summed E-state index contributed by atoms with van der Waals surface area (Å²) in [6.45, 7) is 8.54. The summed E-state index contributed by atoms with van der Waals surface area (Å²) in [5, 5.41) is 3.42. The summed E-state index contributed by atoms with van der Waals surface area (Å²) < 4.78 is 5.50. The van der Waals surface area contributed by atoms with Gasteiger partial charge in [0.1, 0.15) is 0 Å². The van der Waals surface area contributed by atoms with Crippen molar-refractivity contribution in [1.29, 1.82) is 0 Å². The van der Waals surface area contributed by atoms with Crippen molar-refractivity contribution in [1.82, 2.24) is 5.32 Å². The van der Waals surface area contributed by atoms with Crippen LogP contribution in [0.4, 0.5) is 0 Å². The van der Waals surface area contributed by atoms with Crippen LogP contribution < -0.4 is 5.32 Å². The summed E-state index contributed by atoms with van der Waals surface area (Å²) in [4.78, 5) is 0. The Hall–Kier alpha value is -0.0800. The van der Waals surface area contributed by atoms with Crippen LogP contribution in [0.2, 0.25) is 0 Å². The maximum Gasteiger partial charge on any atom is 0.0520 e. The highest BCUT2D eigenvalue weighted by atomic mass is 16.5. The van der Waals surface area contributed by atoms with Crippen LogP contribution in [-0.4, -0.2) is 26.3 Å². The van der Waals surface area contributed by atoms with Gasteiger partial charge in [0.25, 0.3) is 0 Å². The Balaban J connectivity index is 2.32. The molecule has 1 aliphatic heterocycles. The van der Waals surface area contributed by atoms with E-state index in [1.807, 2.05) is 0 Å². The normalized spacial score (nSPS) is 31.5. The Labute approximate surface area is 75.7 Å². The summed E-state index contributed by atoms with van der Waals surface area (Å²) in [6.07, 6.45) is 3.86. The standard InChI is InChI=1S/C10H21NO/c1-3-12-9-10(2)5-4-7-11-8-6-10/h11H,3-9H2,1-2H3.